The number of hydrogen-bond donors (Lipinski definition) is 2. The van der Waals surface area contributed by atoms with E-state index in [0.717, 1.165) is 24.3 Å². The van der Waals surface area contributed by atoms with Crippen molar-refractivity contribution in [2.45, 2.75) is 26.1 Å². The molecular weight excluding hydrogens is 376 g/mol. The molecule has 0 amide bonds. The molecule has 6 nitrogen and oxygen atoms in total. The van der Waals surface area contributed by atoms with Crippen LogP contribution in [0.15, 0.2) is 36.2 Å². The highest BCUT2D eigenvalue weighted by molar-refractivity contribution is 7.89. The Morgan fingerprint density at radius 2 is 1.85 bits per heavy atom. The molecule has 11 heteroatoms. The SMILES string of the molecule is CCN([C@H](c1ccc(F)cc1)C(F)(F)F)S(=O)(=O)CN(C)/C(C)=C\NN. The summed E-state index contributed by atoms with van der Waals surface area (Å²) >= 11 is 0. The van der Waals surface area contributed by atoms with Crippen LogP contribution in [0.5, 0.6) is 0 Å². The molecule has 0 aliphatic heterocycles. The summed E-state index contributed by atoms with van der Waals surface area (Å²) in [6.45, 7) is 2.45. The minimum Gasteiger partial charge on any atom is -0.362 e. The third kappa shape index (κ3) is 5.58. The summed E-state index contributed by atoms with van der Waals surface area (Å²) in [4.78, 5) is 1.25. The van der Waals surface area contributed by atoms with Crippen molar-refractivity contribution in [3.63, 3.8) is 0 Å². The second-order valence-electron chi connectivity index (χ2n) is 5.59. The Kier molecular flexibility index (Phi) is 7.42. The Hall–Kier alpha value is -1.85. The number of halogens is 4. The van der Waals surface area contributed by atoms with Crippen LogP contribution in [0.4, 0.5) is 17.6 Å². The van der Waals surface area contributed by atoms with E-state index in [1.807, 2.05) is 0 Å². The normalized spacial score (nSPS) is 14.4. The molecule has 0 spiro atoms. The maximum Gasteiger partial charge on any atom is 0.409 e. The summed E-state index contributed by atoms with van der Waals surface area (Å²) in [7, 11) is -2.93. The van der Waals surface area contributed by atoms with Crippen LogP contribution in [0.2, 0.25) is 0 Å². The van der Waals surface area contributed by atoms with Crippen molar-refractivity contribution >= 4 is 10.0 Å². The number of hydrazine groups is 1. The third-order valence-electron chi connectivity index (χ3n) is 3.70. The van der Waals surface area contributed by atoms with Gasteiger partial charge in [0.15, 0.2) is 0 Å². The van der Waals surface area contributed by atoms with Gasteiger partial charge in [-0.25, -0.2) is 12.8 Å². The number of nitrogens with two attached hydrogens (primary N) is 1. The highest BCUT2D eigenvalue weighted by Crippen LogP contribution is 2.39. The summed E-state index contributed by atoms with van der Waals surface area (Å²) in [6, 6.07) is 1.17. The Bertz CT molecular complexity index is 720. The summed E-state index contributed by atoms with van der Waals surface area (Å²) < 4.78 is 79.6. The number of benzene rings is 1. The average Bonchev–Trinajstić information content (AvgIpc) is 2.52. The number of sulfonamides is 1. The lowest BCUT2D eigenvalue weighted by atomic mass is 10.1. The zero-order valence-electron chi connectivity index (χ0n) is 14.6. The molecule has 1 atom stereocenters. The molecule has 1 aromatic carbocycles. The Balaban J connectivity index is 3.29. The number of rotatable bonds is 8. The van der Waals surface area contributed by atoms with Crippen LogP contribution >= 0.6 is 0 Å². The minimum absolute atomic E-state index is 0.358. The van der Waals surface area contributed by atoms with Crippen LogP contribution in [-0.2, 0) is 10.0 Å². The van der Waals surface area contributed by atoms with Gasteiger partial charge in [0.25, 0.3) is 0 Å². The van der Waals surface area contributed by atoms with E-state index in [1.165, 1.54) is 25.1 Å². The van der Waals surface area contributed by atoms with E-state index in [2.05, 4.69) is 5.43 Å². The quantitative estimate of drug-likeness (QED) is 0.399. The molecular formula is C15H22F4N4O2S. The number of allylic oxidation sites excluding steroid dienone is 1. The maximum absolute atomic E-state index is 13.6. The van der Waals surface area contributed by atoms with Crippen molar-refractivity contribution in [2.24, 2.45) is 5.84 Å². The molecule has 26 heavy (non-hydrogen) atoms. The summed E-state index contributed by atoms with van der Waals surface area (Å²) in [5.74, 6) is 3.72. The first-order valence-corrected chi connectivity index (χ1v) is 9.20. The van der Waals surface area contributed by atoms with Crippen molar-refractivity contribution in [2.75, 3.05) is 19.5 Å². The molecule has 0 aromatic heterocycles. The standard InChI is InChI=1S/C15H22F4N4O2S/c1-4-23(26(24,25)10-22(3)11(2)9-21-20)14(15(17,18)19)12-5-7-13(16)8-6-12/h5-9,14,21H,4,10,20H2,1-3H3/b11-9-/t14-/m1/s1. The lowest BCUT2D eigenvalue weighted by Gasteiger charge is -2.33. The van der Waals surface area contributed by atoms with Gasteiger partial charge in [0.2, 0.25) is 10.0 Å². The van der Waals surface area contributed by atoms with E-state index < -0.39 is 40.5 Å². The molecule has 3 N–H and O–H groups in total. The minimum atomic E-state index is -4.87. The lowest BCUT2D eigenvalue weighted by molar-refractivity contribution is -0.173. The molecule has 0 heterocycles. The van der Waals surface area contributed by atoms with E-state index in [9.17, 15) is 26.0 Å². The zero-order chi connectivity index (χ0) is 20.1. The fraction of sp³-hybridized carbons (Fsp3) is 0.467. The molecule has 0 fully saturated rings. The number of nitrogens with zero attached hydrogens (tertiary/aromatic N) is 2. The molecule has 0 aliphatic carbocycles. The fourth-order valence-electron chi connectivity index (χ4n) is 2.35. The topological polar surface area (TPSA) is 78.7 Å². The van der Waals surface area contributed by atoms with Gasteiger partial charge in [-0.05, 0) is 24.6 Å². The average molecular weight is 398 g/mol. The predicted molar refractivity (Wildman–Crippen MR) is 90.2 cm³/mol. The predicted octanol–water partition coefficient (Wildman–Crippen LogP) is 2.29. The van der Waals surface area contributed by atoms with E-state index >= 15 is 0 Å². The molecule has 0 unspecified atom stereocenters. The van der Waals surface area contributed by atoms with Crippen LogP contribution < -0.4 is 11.3 Å². The molecule has 1 rings (SSSR count). The van der Waals surface area contributed by atoms with Gasteiger partial charge in [0.1, 0.15) is 17.7 Å². The molecule has 0 aliphatic rings. The van der Waals surface area contributed by atoms with Gasteiger partial charge >= 0.3 is 6.18 Å². The molecule has 0 bridgehead atoms. The zero-order valence-corrected chi connectivity index (χ0v) is 15.4. The smallest absolute Gasteiger partial charge is 0.362 e. The Morgan fingerprint density at radius 1 is 1.31 bits per heavy atom. The van der Waals surface area contributed by atoms with E-state index in [0.29, 0.717) is 10.0 Å². The maximum atomic E-state index is 13.6. The lowest BCUT2D eigenvalue weighted by Crippen LogP contribution is -2.45. The molecule has 148 valence electrons. The highest BCUT2D eigenvalue weighted by Gasteiger charge is 2.48. The van der Waals surface area contributed by atoms with Crippen LogP contribution in [0.25, 0.3) is 0 Å². The monoisotopic (exact) mass is 398 g/mol. The van der Waals surface area contributed by atoms with Crippen molar-refractivity contribution in [3.05, 3.63) is 47.5 Å². The highest BCUT2D eigenvalue weighted by atomic mass is 32.2. The van der Waals surface area contributed by atoms with Crippen molar-refractivity contribution < 1.29 is 26.0 Å². The van der Waals surface area contributed by atoms with Gasteiger partial charge in [0, 0.05) is 25.5 Å². The molecule has 1 aromatic rings. The second kappa shape index (κ2) is 8.69. The fourth-order valence-corrected chi connectivity index (χ4v) is 4.15. The Labute approximate surface area is 150 Å². The first kappa shape index (κ1) is 22.2. The molecule has 0 saturated heterocycles. The first-order chi connectivity index (χ1) is 11.9. The number of hydrogen-bond acceptors (Lipinski definition) is 5. The van der Waals surface area contributed by atoms with Gasteiger partial charge in [0.05, 0.1) is 0 Å². The van der Waals surface area contributed by atoms with E-state index in [4.69, 9.17) is 5.84 Å². The summed E-state index contributed by atoms with van der Waals surface area (Å²) in [5, 5.41) is 0. The summed E-state index contributed by atoms with van der Waals surface area (Å²) in [6.07, 6.45) is -3.56. The van der Waals surface area contributed by atoms with Crippen LogP contribution in [0.1, 0.15) is 25.5 Å². The van der Waals surface area contributed by atoms with Crippen molar-refractivity contribution in [1.82, 2.24) is 14.6 Å². The summed E-state index contributed by atoms with van der Waals surface area (Å²) in [5.41, 5.74) is 2.28. The number of nitrogens with one attached hydrogen (secondary N) is 1. The van der Waals surface area contributed by atoms with Gasteiger partial charge in [-0.3, -0.25) is 5.84 Å². The number of alkyl halides is 3. The molecule has 0 saturated carbocycles. The van der Waals surface area contributed by atoms with Crippen LogP contribution in [0, 0.1) is 5.82 Å². The van der Waals surface area contributed by atoms with Gasteiger partial charge in [-0.2, -0.15) is 17.5 Å². The van der Waals surface area contributed by atoms with Crippen molar-refractivity contribution in [1.29, 1.82) is 0 Å². The van der Waals surface area contributed by atoms with Crippen LogP contribution in [0.3, 0.4) is 0 Å². The Morgan fingerprint density at radius 3 is 2.27 bits per heavy atom. The van der Waals surface area contributed by atoms with E-state index in [-0.39, 0.29) is 5.56 Å². The van der Waals surface area contributed by atoms with E-state index in [1.54, 1.807) is 6.92 Å². The van der Waals surface area contributed by atoms with Crippen LogP contribution in [-0.4, -0.2) is 43.3 Å². The van der Waals surface area contributed by atoms with Gasteiger partial charge in [-0.1, -0.05) is 19.1 Å². The third-order valence-corrected chi connectivity index (χ3v) is 5.60. The van der Waals surface area contributed by atoms with Gasteiger partial charge in [-0.15, -0.1) is 0 Å². The van der Waals surface area contributed by atoms with Crippen molar-refractivity contribution in [3.8, 4) is 0 Å². The second-order valence-corrected chi connectivity index (χ2v) is 7.48. The van der Waals surface area contributed by atoms with Gasteiger partial charge < -0.3 is 10.3 Å². The first-order valence-electron chi connectivity index (χ1n) is 7.59. The largest absolute Gasteiger partial charge is 0.409 e. The molecule has 0 radical (unpaired) electrons.